The SMILES string of the molecule is CC1(c2nnc(CN)s2)CCOCC1. The number of ether oxygens (including phenoxy) is 1. The predicted molar refractivity (Wildman–Crippen MR) is 55.2 cm³/mol. The van der Waals surface area contributed by atoms with Gasteiger partial charge in [0.1, 0.15) is 10.0 Å². The van der Waals surface area contributed by atoms with Crippen molar-refractivity contribution in [3.8, 4) is 0 Å². The Labute approximate surface area is 87.5 Å². The number of aromatic nitrogens is 2. The van der Waals surface area contributed by atoms with Crippen molar-refractivity contribution in [2.75, 3.05) is 13.2 Å². The first-order valence-electron chi connectivity index (χ1n) is 4.85. The summed E-state index contributed by atoms with van der Waals surface area (Å²) >= 11 is 1.64. The van der Waals surface area contributed by atoms with Crippen LogP contribution in [0, 0.1) is 0 Å². The summed E-state index contributed by atoms with van der Waals surface area (Å²) in [5, 5.41) is 10.3. The Morgan fingerprint density at radius 3 is 2.71 bits per heavy atom. The minimum absolute atomic E-state index is 0.156. The molecule has 0 unspecified atom stereocenters. The largest absolute Gasteiger partial charge is 0.381 e. The van der Waals surface area contributed by atoms with E-state index in [9.17, 15) is 0 Å². The summed E-state index contributed by atoms with van der Waals surface area (Å²) in [6.07, 6.45) is 2.07. The lowest BCUT2D eigenvalue weighted by Crippen LogP contribution is -2.30. The van der Waals surface area contributed by atoms with Gasteiger partial charge >= 0.3 is 0 Å². The van der Waals surface area contributed by atoms with E-state index in [0.717, 1.165) is 36.1 Å². The monoisotopic (exact) mass is 213 g/mol. The maximum Gasteiger partial charge on any atom is 0.131 e. The summed E-state index contributed by atoms with van der Waals surface area (Å²) in [5.74, 6) is 0. The molecule has 4 nitrogen and oxygen atoms in total. The van der Waals surface area contributed by atoms with E-state index < -0.39 is 0 Å². The summed E-state index contributed by atoms with van der Waals surface area (Å²) in [5.41, 5.74) is 5.68. The third kappa shape index (κ3) is 1.80. The minimum atomic E-state index is 0.156. The maximum atomic E-state index is 5.52. The van der Waals surface area contributed by atoms with Gasteiger partial charge in [-0.05, 0) is 12.8 Å². The van der Waals surface area contributed by atoms with Crippen LogP contribution in [0.1, 0.15) is 29.8 Å². The van der Waals surface area contributed by atoms with Crippen molar-refractivity contribution in [3.63, 3.8) is 0 Å². The summed E-state index contributed by atoms with van der Waals surface area (Å²) in [7, 11) is 0. The summed E-state index contributed by atoms with van der Waals surface area (Å²) < 4.78 is 5.35. The van der Waals surface area contributed by atoms with Gasteiger partial charge in [0.05, 0.1) is 0 Å². The molecule has 2 N–H and O–H groups in total. The molecule has 0 amide bonds. The second kappa shape index (κ2) is 3.92. The minimum Gasteiger partial charge on any atom is -0.381 e. The van der Waals surface area contributed by atoms with Crippen molar-refractivity contribution in [2.45, 2.75) is 31.7 Å². The zero-order valence-corrected chi connectivity index (χ0v) is 9.14. The molecule has 14 heavy (non-hydrogen) atoms. The van der Waals surface area contributed by atoms with Crippen molar-refractivity contribution in [2.24, 2.45) is 5.73 Å². The number of nitrogens with two attached hydrogens (primary N) is 1. The van der Waals surface area contributed by atoms with Gasteiger partial charge in [0.15, 0.2) is 0 Å². The standard InChI is InChI=1S/C9H15N3OS/c1-9(2-4-13-5-3-9)8-12-11-7(6-10)14-8/h2-6,10H2,1H3. The molecule has 1 aromatic heterocycles. The van der Waals surface area contributed by atoms with Crippen molar-refractivity contribution < 1.29 is 4.74 Å². The molecular weight excluding hydrogens is 198 g/mol. The van der Waals surface area contributed by atoms with Crippen LogP contribution < -0.4 is 5.73 Å². The molecule has 5 heteroatoms. The second-order valence-corrected chi connectivity index (χ2v) is 4.94. The highest BCUT2D eigenvalue weighted by atomic mass is 32.1. The molecule has 0 spiro atoms. The van der Waals surface area contributed by atoms with E-state index in [1.165, 1.54) is 0 Å². The molecule has 0 bridgehead atoms. The molecule has 0 atom stereocenters. The van der Waals surface area contributed by atoms with Crippen LogP contribution in [0.3, 0.4) is 0 Å². The van der Waals surface area contributed by atoms with Gasteiger partial charge in [-0.25, -0.2) is 0 Å². The van der Waals surface area contributed by atoms with Crippen LogP contribution in [0.15, 0.2) is 0 Å². The molecule has 1 aromatic rings. The first kappa shape index (κ1) is 10.0. The molecule has 1 fully saturated rings. The first-order valence-corrected chi connectivity index (χ1v) is 5.67. The van der Waals surface area contributed by atoms with Gasteiger partial charge in [0, 0.05) is 25.2 Å². The van der Waals surface area contributed by atoms with E-state index in [1.54, 1.807) is 11.3 Å². The maximum absolute atomic E-state index is 5.52. The number of hydrogen-bond donors (Lipinski definition) is 1. The molecular formula is C9H15N3OS. The topological polar surface area (TPSA) is 61.0 Å². The van der Waals surface area contributed by atoms with E-state index in [-0.39, 0.29) is 5.41 Å². The summed E-state index contributed by atoms with van der Waals surface area (Å²) in [6, 6.07) is 0. The number of nitrogens with zero attached hydrogens (tertiary/aromatic N) is 2. The van der Waals surface area contributed by atoms with Crippen LogP contribution in [0.5, 0.6) is 0 Å². The Balaban J connectivity index is 2.19. The Bertz CT molecular complexity index is 307. The fourth-order valence-corrected chi connectivity index (χ4v) is 2.54. The quantitative estimate of drug-likeness (QED) is 0.798. The van der Waals surface area contributed by atoms with E-state index >= 15 is 0 Å². The highest BCUT2D eigenvalue weighted by molar-refractivity contribution is 7.11. The highest BCUT2D eigenvalue weighted by Gasteiger charge is 2.32. The lowest BCUT2D eigenvalue weighted by Gasteiger charge is -2.30. The second-order valence-electron chi connectivity index (χ2n) is 3.88. The molecule has 0 saturated carbocycles. The van der Waals surface area contributed by atoms with E-state index in [4.69, 9.17) is 10.5 Å². The molecule has 0 radical (unpaired) electrons. The van der Waals surface area contributed by atoms with Crippen molar-refractivity contribution in [3.05, 3.63) is 10.0 Å². The van der Waals surface area contributed by atoms with E-state index in [2.05, 4.69) is 17.1 Å². The van der Waals surface area contributed by atoms with Gasteiger partial charge in [-0.3, -0.25) is 0 Å². The van der Waals surface area contributed by atoms with Crippen molar-refractivity contribution in [1.29, 1.82) is 0 Å². The Morgan fingerprint density at radius 1 is 1.43 bits per heavy atom. The van der Waals surface area contributed by atoms with Crippen LogP contribution in [0.2, 0.25) is 0 Å². The third-order valence-electron chi connectivity index (χ3n) is 2.75. The van der Waals surface area contributed by atoms with Crippen LogP contribution >= 0.6 is 11.3 Å². The van der Waals surface area contributed by atoms with Crippen molar-refractivity contribution in [1.82, 2.24) is 10.2 Å². The smallest absolute Gasteiger partial charge is 0.131 e. The van der Waals surface area contributed by atoms with Crippen LogP contribution in [0.25, 0.3) is 0 Å². The lowest BCUT2D eigenvalue weighted by atomic mass is 9.83. The zero-order valence-electron chi connectivity index (χ0n) is 8.32. The molecule has 1 aliphatic rings. The van der Waals surface area contributed by atoms with Crippen molar-refractivity contribution >= 4 is 11.3 Å². The fraction of sp³-hybridized carbons (Fsp3) is 0.778. The van der Waals surface area contributed by atoms with Gasteiger partial charge in [-0.2, -0.15) is 0 Å². The summed E-state index contributed by atoms with van der Waals surface area (Å²) in [6.45, 7) is 4.38. The molecule has 2 heterocycles. The third-order valence-corrected chi connectivity index (χ3v) is 4.01. The molecule has 0 aromatic carbocycles. The Hall–Kier alpha value is -0.520. The van der Waals surface area contributed by atoms with Gasteiger partial charge in [-0.1, -0.05) is 18.3 Å². The average Bonchev–Trinajstić information content (AvgIpc) is 2.67. The Morgan fingerprint density at radius 2 is 2.14 bits per heavy atom. The summed E-state index contributed by atoms with van der Waals surface area (Å²) in [4.78, 5) is 0. The average molecular weight is 213 g/mol. The zero-order chi connectivity index (χ0) is 10.0. The fourth-order valence-electron chi connectivity index (χ4n) is 1.62. The first-order chi connectivity index (χ1) is 6.74. The number of rotatable bonds is 2. The van der Waals surface area contributed by atoms with Crippen LogP contribution in [-0.4, -0.2) is 23.4 Å². The molecule has 78 valence electrons. The lowest BCUT2D eigenvalue weighted by molar-refractivity contribution is 0.0561. The van der Waals surface area contributed by atoms with Gasteiger partial charge in [0.25, 0.3) is 0 Å². The van der Waals surface area contributed by atoms with E-state index in [0.29, 0.717) is 6.54 Å². The van der Waals surface area contributed by atoms with E-state index in [1.807, 2.05) is 0 Å². The highest BCUT2D eigenvalue weighted by Crippen LogP contribution is 2.35. The van der Waals surface area contributed by atoms with Crippen LogP contribution in [-0.2, 0) is 16.7 Å². The van der Waals surface area contributed by atoms with Gasteiger partial charge < -0.3 is 10.5 Å². The predicted octanol–water partition coefficient (Wildman–Crippen LogP) is 1.06. The number of hydrogen-bond acceptors (Lipinski definition) is 5. The normalized spacial score (nSPS) is 21.0. The molecule has 1 saturated heterocycles. The van der Waals surface area contributed by atoms with Gasteiger partial charge in [-0.15, -0.1) is 10.2 Å². The van der Waals surface area contributed by atoms with Crippen LogP contribution in [0.4, 0.5) is 0 Å². The molecule has 0 aliphatic carbocycles. The molecule has 1 aliphatic heterocycles. The van der Waals surface area contributed by atoms with Gasteiger partial charge in [0.2, 0.25) is 0 Å². The molecule has 2 rings (SSSR count). The Kier molecular flexibility index (Phi) is 2.80.